The van der Waals surface area contributed by atoms with E-state index in [2.05, 4.69) is 4.74 Å². The van der Waals surface area contributed by atoms with Crippen molar-refractivity contribution in [1.82, 2.24) is 0 Å². The number of nitriles is 1. The molecule has 0 fully saturated rings. The Balaban J connectivity index is 4.14. The zero-order chi connectivity index (χ0) is 11.4. The highest BCUT2D eigenvalue weighted by Gasteiger charge is 2.58. The second-order valence-corrected chi connectivity index (χ2v) is 2.20. The van der Waals surface area contributed by atoms with E-state index in [0.29, 0.717) is 0 Å². The number of hydrogen-bond acceptors (Lipinski definition) is 3. The fraction of sp³-hybridized carbons (Fsp3) is 0.667. The summed E-state index contributed by atoms with van der Waals surface area (Å²) < 4.78 is 62.0. The van der Waals surface area contributed by atoms with Crippen LogP contribution in [0, 0.1) is 11.3 Å². The molecule has 0 N–H and O–H groups in total. The number of alkyl halides is 5. The van der Waals surface area contributed by atoms with Gasteiger partial charge < -0.3 is 4.74 Å². The molecule has 3 nitrogen and oxygen atoms in total. The monoisotopic (exact) mass is 217 g/mol. The van der Waals surface area contributed by atoms with Gasteiger partial charge in [0, 0.05) is 0 Å². The van der Waals surface area contributed by atoms with Crippen molar-refractivity contribution < 1.29 is 31.5 Å². The summed E-state index contributed by atoms with van der Waals surface area (Å²) in [5.74, 6) is -6.51. The van der Waals surface area contributed by atoms with Crippen molar-refractivity contribution in [3.8, 4) is 6.07 Å². The predicted octanol–water partition coefficient (Wildman–Crippen LogP) is 1.64. The average Bonchev–Trinajstić information content (AvgIpc) is 1.99. The van der Waals surface area contributed by atoms with Gasteiger partial charge in [-0.25, -0.2) is 0 Å². The maximum Gasteiger partial charge on any atom is 0.456 e. The maximum absolute atomic E-state index is 12.0. The Kier molecular flexibility index (Phi) is 3.80. The number of carbonyl (C=O) groups excluding carboxylic acids is 1. The third-order valence-electron chi connectivity index (χ3n) is 1.05. The average molecular weight is 217 g/mol. The number of ether oxygens (including phenoxy) is 1. The Morgan fingerprint density at radius 3 is 2.14 bits per heavy atom. The van der Waals surface area contributed by atoms with Crippen molar-refractivity contribution in [2.45, 2.75) is 18.5 Å². The highest BCUT2D eigenvalue weighted by molar-refractivity contribution is 5.71. The van der Waals surface area contributed by atoms with Crippen LogP contribution in [-0.2, 0) is 9.53 Å². The normalized spacial score (nSPS) is 12.0. The lowest BCUT2D eigenvalue weighted by atomic mass is 10.3. The number of esters is 1. The molecule has 0 saturated heterocycles. The van der Waals surface area contributed by atoms with E-state index in [9.17, 15) is 26.7 Å². The van der Waals surface area contributed by atoms with Gasteiger partial charge in [0.1, 0.15) is 6.42 Å². The zero-order valence-electron chi connectivity index (χ0n) is 6.57. The first-order chi connectivity index (χ1) is 6.20. The summed E-state index contributed by atoms with van der Waals surface area (Å²) in [5.41, 5.74) is 0. The van der Waals surface area contributed by atoms with Crippen molar-refractivity contribution in [1.29, 1.82) is 5.26 Å². The first-order valence-corrected chi connectivity index (χ1v) is 3.18. The summed E-state index contributed by atoms with van der Waals surface area (Å²) in [6.07, 6.45) is -6.63. The molecular formula is C6H4F5NO2. The van der Waals surface area contributed by atoms with Crippen LogP contribution in [-0.4, -0.2) is 24.7 Å². The molecule has 0 unspecified atom stereocenters. The number of halogens is 5. The maximum atomic E-state index is 12.0. The molecule has 0 spiro atoms. The van der Waals surface area contributed by atoms with Crippen molar-refractivity contribution in [2.75, 3.05) is 6.61 Å². The minimum absolute atomic E-state index is 0.867. The first-order valence-electron chi connectivity index (χ1n) is 3.18. The minimum atomic E-state index is -5.76. The van der Waals surface area contributed by atoms with Crippen LogP contribution < -0.4 is 0 Å². The van der Waals surface area contributed by atoms with Crippen molar-refractivity contribution in [3.05, 3.63) is 0 Å². The Labute approximate surface area is 75.1 Å². The highest BCUT2D eigenvalue weighted by atomic mass is 19.4. The van der Waals surface area contributed by atoms with Crippen LogP contribution in [0.15, 0.2) is 0 Å². The molecule has 0 bridgehead atoms. The van der Waals surface area contributed by atoms with Gasteiger partial charge in [-0.2, -0.15) is 27.2 Å². The van der Waals surface area contributed by atoms with E-state index in [0.717, 1.165) is 0 Å². The van der Waals surface area contributed by atoms with Gasteiger partial charge in [-0.1, -0.05) is 0 Å². The van der Waals surface area contributed by atoms with Crippen LogP contribution in [0.2, 0.25) is 0 Å². The van der Waals surface area contributed by atoms with Crippen LogP contribution in [0.4, 0.5) is 22.0 Å². The van der Waals surface area contributed by atoms with E-state index < -0.39 is 31.1 Å². The third kappa shape index (κ3) is 3.55. The molecule has 0 aromatic heterocycles. The molecule has 0 aromatic rings. The van der Waals surface area contributed by atoms with E-state index >= 15 is 0 Å². The quantitative estimate of drug-likeness (QED) is 0.533. The van der Waals surface area contributed by atoms with Crippen LogP contribution in [0.5, 0.6) is 0 Å². The minimum Gasteiger partial charge on any atom is -0.458 e. The predicted molar refractivity (Wildman–Crippen MR) is 32.2 cm³/mol. The van der Waals surface area contributed by atoms with Crippen molar-refractivity contribution in [2.24, 2.45) is 0 Å². The number of rotatable bonds is 3. The number of hydrogen-bond donors (Lipinski definition) is 0. The lowest BCUT2D eigenvalue weighted by molar-refractivity contribution is -0.294. The van der Waals surface area contributed by atoms with Crippen LogP contribution in [0.25, 0.3) is 0 Å². The van der Waals surface area contributed by atoms with Gasteiger partial charge in [-0.05, 0) is 0 Å². The van der Waals surface area contributed by atoms with Gasteiger partial charge >= 0.3 is 18.1 Å². The summed E-state index contributed by atoms with van der Waals surface area (Å²) in [4.78, 5) is 10.3. The van der Waals surface area contributed by atoms with Gasteiger partial charge in [0.15, 0.2) is 6.61 Å². The SMILES string of the molecule is N#CCC(=O)OCC(F)(F)C(F)(F)F. The molecule has 0 aliphatic rings. The van der Waals surface area contributed by atoms with Crippen LogP contribution in [0.3, 0.4) is 0 Å². The lowest BCUT2D eigenvalue weighted by Crippen LogP contribution is -2.41. The molecule has 0 aliphatic carbocycles. The van der Waals surface area contributed by atoms with E-state index in [1.165, 1.54) is 6.07 Å². The fourth-order valence-electron chi connectivity index (χ4n) is 0.369. The Morgan fingerprint density at radius 1 is 1.29 bits per heavy atom. The number of carbonyl (C=O) groups is 1. The second kappa shape index (κ2) is 4.21. The summed E-state index contributed by atoms with van der Waals surface area (Å²) in [6.45, 7) is -2.10. The molecule has 0 atom stereocenters. The molecule has 0 amide bonds. The standard InChI is InChI=1S/C6H4F5NO2/c7-5(8,6(9,10)11)3-14-4(13)1-2-12/h1,3H2. The van der Waals surface area contributed by atoms with Crippen LogP contribution >= 0.6 is 0 Å². The van der Waals surface area contributed by atoms with Gasteiger partial charge in [-0.15, -0.1) is 0 Å². The molecule has 0 aromatic carbocycles. The number of nitrogens with zero attached hydrogens (tertiary/aromatic N) is 1. The van der Waals surface area contributed by atoms with Gasteiger partial charge in [-0.3, -0.25) is 4.79 Å². The summed E-state index contributed by atoms with van der Waals surface area (Å²) in [7, 11) is 0. The fourth-order valence-corrected chi connectivity index (χ4v) is 0.369. The Bertz CT molecular complexity index is 254. The topological polar surface area (TPSA) is 50.1 Å². The van der Waals surface area contributed by atoms with Gasteiger partial charge in [0.05, 0.1) is 6.07 Å². The van der Waals surface area contributed by atoms with E-state index in [1.807, 2.05) is 0 Å². The van der Waals surface area contributed by atoms with Crippen molar-refractivity contribution >= 4 is 5.97 Å². The van der Waals surface area contributed by atoms with Crippen LogP contribution in [0.1, 0.15) is 6.42 Å². The largest absolute Gasteiger partial charge is 0.458 e. The summed E-state index contributed by atoms with van der Waals surface area (Å²) in [5, 5.41) is 7.87. The first kappa shape index (κ1) is 12.6. The molecular weight excluding hydrogens is 213 g/mol. The Morgan fingerprint density at radius 2 is 1.79 bits per heavy atom. The third-order valence-corrected chi connectivity index (χ3v) is 1.05. The molecule has 8 heteroatoms. The highest BCUT2D eigenvalue weighted by Crippen LogP contribution is 2.35. The zero-order valence-corrected chi connectivity index (χ0v) is 6.57. The molecule has 80 valence electrons. The van der Waals surface area contributed by atoms with Gasteiger partial charge in [0.25, 0.3) is 0 Å². The van der Waals surface area contributed by atoms with E-state index in [4.69, 9.17) is 5.26 Å². The van der Waals surface area contributed by atoms with Gasteiger partial charge in [0.2, 0.25) is 0 Å². The lowest BCUT2D eigenvalue weighted by Gasteiger charge is -2.18. The molecule has 0 radical (unpaired) electrons. The molecule has 0 rings (SSSR count). The molecule has 0 heterocycles. The summed E-state index contributed by atoms with van der Waals surface area (Å²) in [6, 6.07) is 1.24. The molecule has 0 saturated carbocycles. The van der Waals surface area contributed by atoms with E-state index in [1.54, 1.807) is 0 Å². The Hall–Kier alpha value is -1.39. The van der Waals surface area contributed by atoms with Crippen molar-refractivity contribution in [3.63, 3.8) is 0 Å². The molecule has 0 aliphatic heterocycles. The second-order valence-electron chi connectivity index (χ2n) is 2.20. The van der Waals surface area contributed by atoms with E-state index in [-0.39, 0.29) is 0 Å². The molecule has 14 heavy (non-hydrogen) atoms. The summed E-state index contributed by atoms with van der Waals surface area (Å²) >= 11 is 0. The smallest absolute Gasteiger partial charge is 0.456 e.